The highest BCUT2D eigenvalue weighted by Gasteiger charge is 2.18. The van der Waals surface area contributed by atoms with E-state index in [1.165, 1.54) is 25.0 Å². The number of allylic oxidation sites excluding steroid dienone is 1. The van der Waals surface area contributed by atoms with Crippen molar-refractivity contribution >= 4 is 28.9 Å². The Bertz CT molecular complexity index is 1160. The molecule has 200 valence electrons. The minimum atomic E-state index is -1.04. The second-order valence-corrected chi connectivity index (χ2v) is 9.21. The summed E-state index contributed by atoms with van der Waals surface area (Å²) in [6.07, 6.45) is 9.23. The number of aromatic nitrogens is 1. The molecule has 0 saturated heterocycles. The van der Waals surface area contributed by atoms with Gasteiger partial charge in [0.1, 0.15) is 12.4 Å². The average molecular weight is 510 g/mol. The standard InChI is InChI=1S/C26H29FN2O3.C4H11N/c1-18(2)29-22-10-8-7-9-21(22)26(19-13-15-20(27)16-14-19)23(29)11-5-3-4-6-12-24(30)28-17-25(31)32;1-2-3-4-5/h5,7-11,13-16,18H,3-4,6,12,17H2,1-2H3,(H,28,30)(H,31,32);2-5H2,1H3/b11-5+;. The van der Waals surface area contributed by atoms with Gasteiger partial charge in [-0.1, -0.05) is 49.8 Å². The van der Waals surface area contributed by atoms with Crippen LogP contribution in [0.15, 0.2) is 54.6 Å². The van der Waals surface area contributed by atoms with Gasteiger partial charge in [-0.25, -0.2) is 4.39 Å². The molecule has 0 bridgehead atoms. The van der Waals surface area contributed by atoms with Crippen LogP contribution < -0.4 is 11.1 Å². The monoisotopic (exact) mass is 509 g/mol. The lowest BCUT2D eigenvalue weighted by molar-refractivity contribution is -0.137. The normalized spacial score (nSPS) is 11.1. The number of aliphatic carboxylic acids is 1. The van der Waals surface area contributed by atoms with Gasteiger partial charge in [-0.05, 0) is 75.9 Å². The number of benzene rings is 2. The lowest BCUT2D eigenvalue weighted by atomic mass is 10.0. The van der Waals surface area contributed by atoms with Gasteiger partial charge in [-0.2, -0.15) is 0 Å². The van der Waals surface area contributed by atoms with Crippen molar-refractivity contribution in [3.05, 3.63) is 66.1 Å². The number of nitrogens with zero attached hydrogens (tertiary/aromatic N) is 1. The summed E-state index contributed by atoms with van der Waals surface area (Å²) < 4.78 is 15.8. The molecule has 3 aromatic rings. The minimum Gasteiger partial charge on any atom is -0.480 e. The van der Waals surface area contributed by atoms with E-state index in [-0.39, 0.29) is 24.3 Å². The molecule has 37 heavy (non-hydrogen) atoms. The minimum absolute atomic E-state index is 0.241. The zero-order chi connectivity index (χ0) is 27.2. The Morgan fingerprint density at radius 2 is 1.78 bits per heavy atom. The molecule has 1 amide bonds. The van der Waals surface area contributed by atoms with Crippen molar-refractivity contribution in [3.8, 4) is 11.1 Å². The van der Waals surface area contributed by atoms with Crippen LogP contribution in [-0.4, -0.2) is 34.6 Å². The van der Waals surface area contributed by atoms with Crippen LogP contribution in [0, 0.1) is 5.82 Å². The number of carboxylic acid groups (broad SMARTS) is 1. The molecular weight excluding hydrogens is 469 g/mol. The van der Waals surface area contributed by atoms with Gasteiger partial charge >= 0.3 is 5.97 Å². The maximum atomic E-state index is 13.5. The number of nitrogens with one attached hydrogen (secondary N) is 1. The summed E-state index contributed by atoms with van der Waals surface area (Å²) >= 11 is 0. The van der Waals surface area contributed by atoms with Crippen molar-refractivity contribution in [1.29, 1.82) is 0 Å². The van der Waals surface area contributed by atoms with Crippen molar-refractivity contribution in [2.24, 2.45) is 5.73 Å². The Hall–Kier alpha value is -3.45. The summed E-state index contributed by atoms with van der Waals surface area (Å²) in [5, 5.41) is 12.1. The molecule has 0 spiro atoms. The number of para-hydroxylation sites is 1. The quantitative estimate of drug-likeness (QED) is 0.241. The molecule has 2 aromatic carbocycles. The number of carbonyl (C=O) groups is 2. The average Bonchev–Trinajstić information content (AvgIpc) is 3.20. The highest BCUT2D eigenvalue weighted by molar-refractivity contribution is 6.01. The van der Waals surface area contributed by atoms with Gasteiger partial charge in [-0.15, -0.1) is 0 Å². The third kappa shape index (κ3) is 9.17. The zero-order valence-corrected chi connectivity index (χ0v) is 22.2. The molecule has 0 unspecified atom stereocenters. The number of halogens is 1. The number of carbonyl (C=O) groups excluding carboxylic acids is 1. The van der Waals surface area contributed by atoms with Gasteiger partial charge in [0, 0.05) is 34.6 Å². The smallest absolute Gasteiger partial charge is 0.322 e. The first-order chi connectivity index (χ1) is 17.8. The van der Waals surface area contributed by atoms with Gasteiger partial charge in [0.05, 0.1) is 0 Å². The van der Waals surface area contributed by atoms with Crippen LogP contribution in [0.4, 0.5) is 4.39 Å². The van der Waals surface area contributed by atoms with Crippen molar-refractivity contribution in [2.75, 3.05) is 13.1 Å². The molecule has 7 heteroatoms. The molecule has 0 aliphatic rings. The number of carboxylic acids is 1. The number of amides is 1. The summed E-state index contributed by atoms with van der Waals surface area (Å²) in [5.41, 5.74) is 9.40. The fourth-order valence-electron chi connectivity index (χ4n) is 4.13. The predicted molar refractivity (Wildman–Crippen MR) is 150 cm³/mol. The summed E-state index contributed by atoms with van der Waals surface area (Å²) in [7, 11) is 0. The second-order valence-electron chi connectivity index (χ2n) is 9.21. The lowest BCUT2D eigenvalue weighted by Gasteiger charge is -2.13. The van der Waals surface area contributed by atoms with Crippen LogP contribution >= 0.6 is 0 Å². The second kappa shape index (κ2) is 15.6. The van der Waals surface area contributed by atoms with E-state index in [2.05, 4.69) is 54.9 Å². The van der Waals surface area contributed by atoms with Crippen molar-refractivity contribution in [2.45, 2.75) is 65.3 Å². The van der Waals surface area contributed by atoms with E-state index in [1.54, 1.807) is 0 Å². The summed E-state index contributed by atoms with van der Waals surface area (Å²) in [5.74, 6) is -1.54. The van der Waals surface area contributed by atoms with E-state index in [0.717, 1.165) is 47.1 Å². The number of hydrogen-bond donors (Lipinski definition) is 3. The first-order valence-electron chi connectivity index (χ1n) is 13.0. The topological polar surface area (TPSA) is 97.3 Å². The largest absolute Gasteiger partial charge is 0.480 e. The van der Waals surface area contributed by atoms with Gasteiger partial charge < -0.3 is 20.7 Å². The van der Waals surface area contributed by atoms with Crippen LogP contribution in [0.2, 0.25) is 0 Å². The number of rotatable bonds is 12. The van der Waals surface area contributed by atoms with Crippen molar-refractivity contribution in [1.82, 2.24) is 9.88 Å². The number of unbranched alkanes of at least 4 members (excludes halogenated alkanes) is 3. The molecule has 0 aliphatic heterocycles. The third-order valence-electron chi connectivity index (χ3n) is 5.89. The van der Waals surface area contributed by atoms with Gasteiger partial charge in [0.2, 0.25) is 5.91 Å². The van der Waals surface area contributed by atoms with E-state index in [9.17, 15) is 14.0 Å². The van der Waals surface area contributed by atoms with E-state index < -0.39 is 5.97 Å². The Kier molecular flexibility index (Phi) is 12.6. The zero-order valence-electron chi connectivity index (χ0n) is 22.2. The van der Waals surface area contributed by atoms with E-state index in [0.29, 0.717) is 12.8 Å². The number of hydrogen-bond acceptors (Lipinski definition) is 3. The van der Waals surface area contributed by atoms with E-state index in [1.807, 2.05) is 24.3 Å². The molecule has 0 radical (unpaired) electrons. The Morgan fingerprint density at radius 3 is 2.38 bits per heavy atom. The van der Waals surface area contributed by atoms with E-state index in [4.69, 9.17) is 10.8 Å². The SMILES string of the molecule is CC(C)n1c(/C=C/CCCCC(=O)NCC(=O)O)c(-c2ccc(F)cc2)c2ccccc21.CCCCN. The maximum Gasteiger partial charge on any atom is 0.322 e. The third-order valence-corrected chi connectivity index (χ3v) is 5.89. The molecule has 0 saturated carbocycles. The van der Waals surface area contributed by atoms with Crippen LogP contribution in [0.25, 0.3) is 28.1 Å². The Labute approximate surface area is 219 Å². The molecular formula is C30H40FN3O3. The molecule has 1 heterocycles. The summed E-state index contributed by atoms with van der Waals surface area (Å²) in [6, 6.07) is 15.1. The molecule has 6 nitrogen and oxygen atoms in total. The maximum absolute atomic E-state index is 13.5. The fourth-order valence-corrected chi connectivity index (χ4v) is 4.13. The predicted octanol–water partition coefficient (Wildman–Crippen LogP) is 6.55. The Balaban J connectivity index is 0.000000877. The summed E-state index contributed by atoms with van der Waals surface area (Å²) in [6.45, 7) is 6.93. The van der Waals surface area contributed by atoms with Crippen molar-refractivity contribution < 1.29 is 19.1 Å². The van der Waals surface area contributed by atoms with E-state index >= 15 is 0 Å². The van der Waals surface area contributed by atoms with Crippen LogP contribution in [0.1, 0.15) is 71.0 Å². The molecule has 1 aromatic heterocycles. The van der Waals surface area contributed by atoms with Crippen molar-refractivity contribution in [3.63, 3.8) is 0 Å². The first-order valence-corrected chi connectivity index (χ1v) is 13.0. The molecule has 4 N–H and O–H groups in total. The molecule has 0 fully saturated rings. The van der Waals surface area contributed by atoms with Gasteiger partial charge in [0.25, 0.3) is 0 Å². The number of nitrogens with two attached hydrogens (primary N) is 1. The molecule has 0 atom stereocenters. The first kappa shape index (κ1) is 29.8. The van der Waals surface area contributed by atoms with Crippen LogP contribution in [0.5, 0.6) is 0 Å². The summed E-state index contributed by atoms with van der Waals surface area (Å²) in [4.78, 5) is 22.1. The van der Waals surface area contributed by atoms with Gasteiger partial charge in [-0.3, -0.25) is 9.59 Å². The van der Waals surface area contributed by atoms with Crippen LogP contribution in [-0.2, 0) is 9.59 Å². The fraction of sp³-hybridized carbons (Fsp3) is 0.400. The lowest BCUT2D eigenvalue weighted by Crippen LogP contribution is -2.28. The van der Waals surface area contributed by atoms with Crippen LogP contribution in [0.3, 0.4) is 0 Å². The van der Waals surface area contributed by atoms with Gasteiger partial charge in [0.15, 0.2) is 0 Å². The molecule has 3 rings (SSSR count). The molecule has 0 aliphatic carbocycles. The Morgan fingerprint density at radius 1 is 1.08 bits per heavy atom. The highest BCUT2D eigenvalue weighted by Crippen LogP contribution is 2.38. The number of fused-ring (bicyclic) bond motifs is 1. The highest BCUT2D eigenvalue weighted by atomic mass is 19.1.